The molecule has 0 heteroatoms. The third-order valence-corrected chi connectivity index (χ3v) is 3.40. The first-order valence-corrected chi connectivity index (χ1v) is 6.53. The highest BCUT2D eigenvalue weighted by Crippen LogP contribution is 2.33. The van der Waals surface area contributed by atoms with Crippen molar-refractivity contribution in [2.24, 2.45) is 0 Å². The topological polar surface area (TPSA) is 0 Å². The molecule has 20 heavy (non-hydrogen) atoms. The van der Waals surface area contributed by atoms with E-state index in [2.05, 4.69) is 44.5 Å². The lowest BCUT2D eigenvalue weighted by Crippen LogP contribution is -1.95. The van der Waals surface area contributed by atoms with Gasteiger partial charge in [0.2, 0.25) is 0 Å². The van der Waals surface area contributed by atoms with Gasteiger partial charge in [-0.2, -0.15) is 0 Å². The molecule has 2 aromatic carbocycles. The van der Waals surface area contributed by atoms with Gasteiger partial charge in [0.1, 0.15) is 0 Å². The van der Waals surface area contributed by atoms with Crippen molar-refractivity contribution in [1.29, 1.82) is 0 Å². The molecule has 0 aliphatic heterocycles. The van der Waals surface area contributed by atoms with Crippen molar-refractivity contribution >= 4 is 24.3 Å². The molecule has 0 bridgehead atoms. The zero-order chi connectivity index (χ0) is 14.5. The molecule has 0 saturated heterocycles. The lowest BCUT2D eigenvalue weighted by molar-refractivity contribution is 1.52. The first-order chi connectivity index (χ1) is 9.76. The quantitative estimate of drug-likeness (QED) is 0.624. The summed E-state index contributed by atoms with van der Waals surface area (Å²) in [4.78, 5) is 0. The van der Waals surface area contributed by atoms with E-state index in [9.17, 15) is 0 Å². The summed E-state index contributed by atoms with van der Waals surface area (Å²) in [7, 11) is 0. The molecule has 0 heterocycles. The maximum absolute atomic E-state index is 3.95. The Bertz CT molecular complexity index is 673. The van der Waals surface area contributed by atoms with Crippen LogP contribution < -0.4 is 0 Å². The van der Waals surface area contributed by atoms with Crippen LogP contribution in [0.25, 0.3) is 35.4 Å². The van der Waals surface area contributed by atoms with Gasteiger partial charge in [-0.05, 0) is 39.4 Å². The minimum Gasteiger partial charge on any atom is -0.0984 e. The Kier molecular flexibility index (Phi) is 4.17. The highest BCUT2D eigenvalue weighted by atomic mass is 14.2. The molecule has 0 spiro atoms. The van der Waals surface area contributed by atoms with Gasteiger partial charge in [-0.3, -0.25) is 0 Å². The maximum Gasteiger partial charge on any atom is -0.00992 e. The number of benzene rings is 2. The first-order valence-electron chi connectivity index (χ1n) is 6.53. The predicted octanol–water partition coefficient (Wildman–Crippen LogP) is 5.93. The van der Waals surface area contributed by atoms with Crippen molar-refractivity contribution in [2.45, 2.75) is 0 Å². The molecule has 0 atom stereocenters. The molecule has 0 N–H and O–H groups in total. The Labute approximate surface area is 121 Å². The fourth-order valence-electron chi connectivity index (χ4n) is 2.45. The minimum atomic E-state index is 1.05. The third kappa shape index (κ3) is 2.28. The van der Waals surface area contributed by atoms with E-state index in [-0.39, 0.29) is 0 Å². The molecule has 2 rings (SSSR count). The average Bonchev–Trinajstić information content (AvgIpc) is 2.53. The van der Waals surface area contributed by atoms with Gasteiger partial charge < -0.3 is 0 Å². The van der Waals surface area contributed by atoms with Crippen LogP contribution in [-0.2, 0) is 0 Å². The molecule has 0 aliphatic rings. The molecule has 0 saturated carbocycles. The molecule has 98 valence electrons. The fourth-order valence-corrected chi connectivity index (χ4v) is 2.45. The van der Waals surface area contributed by atoms with Crippen LogP contribution >= 0.6 is 0 Å². The normalized spacial score (nSPS) is 9.80. The summed E-state index contributed by atoms with van der Waals surface area (Å²) < 4.78 is 0. The molecule has 0 amide bonds. The SMILES string of the molecule is C=Cc1cc(-c2ccccc2)c(C=C)c(C=C)c1C=C. The van der Waals surface area contributed by atoms with Crippen LogP contribution in [0.3, 0.4) is 0 Å². The van der Waals surface area contributed by atoms with Crippen molar-refractivity contribution in [3.63, 3.8) is 0 Å². The largest absolute Gasteiger partial charge is 0.0984 e. The van der Waals surface area contributed by atoms with E-state index in [0.717, 1.165) is 33.4 Å². The average molecular weight is 258 g/mol. The minimum absolute atomic E-state index is 1.05. The van der Waals surface area contributed by atoms with Gasteiger partial charge in [0.05, 0.1) is 0 Å². The summed E-state index contributed by atoms with van der Waals surface area (Å²) >= 11 is 0. The second-order valence-electron chi connectivity index (χ2n) is 4.44. The maximum atomic E-state index is 3.95. The van der Waals surface area contributed by atoms with Crippen LogP contribution in [0.15, 0.2) is 62.7 Å². The van der Waals surface area contributed by atoms with Crippen molar-refractivity contribution in [3.8, 4) is 11.1 Å². The van der Waals surface area contributed by atoms with Crippen molar-refractivity contribution < 1.29 is 0 Å². The highest BCUT2D eigenvalue weighted by Gasteiger charge is 2.12. The first kappa shape index (κ1) is 13.8. The Balaban J connectivity index is 2.88. The molecule has 0 nitrogen and oxygen atoms in total. The lowest BCUT2D eigenvalue weighted by Gasteiger charge is -2.16. The molecule has 0 aliphatic carbocycles. The number of hydrogen-bond donors (Lipinski definition) is 0. The van der Waals surface area contributed by atoms with Gasteiger partial charge in [-0.1, -0.05) is 81.0 Å². The van der Waals surface area contributed by atoms with Crippen molar-refractivity contribution in [3.05, 3.63) is 85.0 Å². The second-order valence-corrected chi connectivity index (χ2v) is 4.44. The standard InChI is InChI=1S/C20H18/c1-5-15-14-20(16-12-10-9-11-13-16)19(8-4)18(7-3)17(15)6-2/h5-14H,1-4H2. The van der Waals surface area contributed by atoms with E-state index in [1.807, 2.05) is 42.5 Å². The number of hydrogen-bond acceptors (Lipinski definition) is 0. The smallest absolute Gasteiger partial charge is 0.00992 e. The number of rotatable bonds is 5. The summed E-state index contributed by atoms with van der Waals surface area (Å²) in [5, 5.41) is 0. The van der Waals surface area contributed by atoms with Crippen LogP contribution in [0.4, 0.5) is 0 Å². The lowest BCUT2D eigenvalue weighted by atomic mass is 9.88. The molecule has 0 fully saturated rings. The fraction of sp³-hybridized carbons (Fsp3) is 0. The summed E-state index contributed by atoms with van der Waals surface area (Å²) in [5.74, 6) is 0. The van der Waals surface area contributed by atoms with Crippen LogP contribution in [0.2, 0.25) is 0 Å². The molecule has 0 aromatic heterocycles. The van der Waals surface area contributed by atoms with E-state index in [1.54, 1.807) is 0 Å². The van der Waals surface area contributed by atoms with Crippen LogP contribution in [-0.4, -0.2) is 0 Å². The van der Waals surface area contributed by atoms with Gasteiger partial charge >= 0.3 is 0 Å². The Morgan fingerprint density at radius 1 is 0.650 bits per heavy atom. The van der Waals surface area contributed by atoms with Gasteiger partial charge in [0.15, 0.2) is 0 Å². The van der Waals surface area contributed by atoms with Gasteiger partial charge in [0.25, 0.3) is 0 Å². The van der Waals surface area contributed by atoms with Gasteiger partial charge in [-0.25, -0.2) is 0 Å². The van der Waals surface area contributed by atoms with E-state index < -0.39 is 0 Å². The zero-order valence-electron chi connectivity index (χ0n) is 11.6. The van der Waals surface area contributed by atoms with E-state index in [4.69, 9.17) is 0 Å². The molecule has 2 aromatic rings. The Morgan fingerprint density at radius 2 is 1.25 bits per heavy atom. The summed E-state index contributed by atoms with van der Waals surface area (Å²) in [6.07, 6.45) is 7.42. The summed E-state index contributed by atoms with van der Waals surface area (Å²) in [6, 6.07) is 12.4. The zero-order valence-corrected chi connectivity index (χ0v) is 11.6. The monoisotopic (exact) mass is 258 g/mol. The third-order valence-electron chi connectivity index (χ3n) is 3.40. The van der Waals surface area contributed by atoms with Gasteiger partial charge in [0, 0.05) is 0 Å². The van der Waals surface area contributed by atoms with E-state index in [1.165, 1.54) is 0 Å². The second kappa shape index (κ2) is 6.03. The van der Waals surface area contributed by atoms with Crippen LogP contribution in [0.1, 0.15) is 22.3 Å². The molecular weight excluding hydrogens is 240 g/mol. The highest BCUT2D eigenvalue weighted by molar-refractivity contribution is 5.88. The predicted molar refractivity (Wildman–Crippen MR) is 92.2 cm³/mol. The van der Waals surface area contributed by atoms with Crippen LogP contribution in [0, 0.1) is 0 Å². The van der Waals surface area contributed by atoms with Crippen molar-refractivity contribution in [2.75, 3.05) is 0 Å². The van der Waals surface area contributed by atoms with Crippen LogP contribution in [0.5, 0.6) is 0 Å². The molecule has 0 unspecified atom stereocenters. The Morgan fingerprint density at radius 3 is 1.75 bits per heavy atom. The Hall–Kier alpha value is -2.60. The van der Waals surface area contributed by atoms with Crippen molar-refractivity contribution in [1.82, 2.24) is 0 Å². The summed E-state index contributed by atoms with van der Waals surface area (Å²) in [6.45, 7) is 15.7. The van der Waals surface area contributed by atoms with Gasteiger partial charge in [-0.15, -0.1) is 0 Å². The molecule has 0 radical (unpaired) electrons. The van der Waals surface area contributed by atoms with E-state index in [0.29, 0.717) is 0 Å². The van der Waals surface area contributed by atoms with E-state index >= 15 is 0 Å². The molecular formula is C20H18. The summed E-state index contributed by atoms with van der Waals surface area (Å²) in [5.41, 5.74) is 6.52.